The van der Waals surface area contributed by atoms with E-state index in [0.29, 0.717) is 12.5 Å². The summed E-state index contributed by atoms with van der Waals surface area (Å²) in [6.45, 7) is 7.20. The van der Waals surface area contributed by atoms with Crippen molar-refractivity contribution in [3.8, 4) is 0 Å². The van der Waals surface area contributed by atoms with Crippen molar-refractivity contribution in [2.24, 2.45) is 0 Å². The van der Waals surface area contributed by atoms with Crippen molar-refractivity contribution in [2.45, 2.75) is 58.7 Å². The lowest BCUT2D eigenvalue weighted by Gasteiger charge is -2.13. The molecule has 1 atom stereocenters. The number of aromatic nitrogens is 4. The van der Waals surface area contributed by atoms with Crippen LogP contribution in [0.3, 0.4) is 0 Å². The third-order valence-electron chi connectivity index (χ3n) is 3.81. The van der Waals surface area contributed by atoms with Crippen LogP contribution in [0, 0.1) is 0 Å². The molecule has 0 aromatic carbocycles. The van der Waals surface area contributed by atoms with E-state index in [1.807, 2.05) is 28.4 Å². The van der Waals surface area contributed by atoms with Crippen molar-refractivity contribution in [3.05, 3.63) is 36.2 Å². The van der Waals surface area contributed by atoms with Gasteiger partial charge in [-0.3, -0.25) is 4.68 Å². The standard InChI is InChI=1S/C15H24N4O/c1-4-13(5-2)19-8-7-12(17-19)9-15(20)14-10-16-11-18(14)6-3/h7-8,10-11,13,15,20H,4-6,9H2,1-3H3. The fraction of sp³-hybridized carbons (Fsp3) is 0.600. The van der Waals surface area contributed by atoms with E-state index in [4.69, 9.17) is 0 Å². The molecular weight excluding hydrogens is 252 g/mol. The second-order valence-corrected chi connectivity index (χ2v) is 5.08. The summed E-state index contributed by atoms with van der Waals surface area (Å²) in [7, 11) is 0. The van der Waals surface area contributed by atoms with Gasteiger partial charge in [0.1, 0.15) is 6.10 Å². The molecule has 0 spiro atoms. The molecule has 2 aromatic heterocycles. The molecule has 0 amide bonds. The maximum absolute atomic E-state index is 10.3. The number of imidazole rings is 1. The molecule has 0 aliphatic carbocycles. The fourth-order valence-electron chi connectivity index (χ4n) is 2.53. The van der Waals surface area contributed by atoms with Crippen LogP contribution in [0.15, 0.2) is 24.8 Å². The molecule has 2 heterocycles. The van der Waals surface area contributed by atoms with Crippen LogP contribution in [0.5, 0.6) is 0 Å². The molecule has 110 valence electrons. The molecule has 2 aromatic rings. The molecule has 0 fully saturated rings. The minimum absolute atomic E-state index is 0.446. The van der Waals surface area contributed by atoms with E-state index < -0.39 is 6.10 Å². The lowest BCUT2D eigenvalue weighted by molar-refractivity contribution is 0.167. The van der Waals surface area contributed by atoms with Crippen LogP contribution in [-0.2, 0) is 13.0 Å². The maximum Gasteiger partial charge on any atom is 0.101 e. The zero-order valence-electron chi connectivity index (χ0n) is 12.5. The molecule has 0 radical (unpaired) electrons. The first-order chi connectivity index (χ1) is 9.69. The number of rotatable bonds is 7. The molecule has 0 bridgehead atoms. The predicted molar refractivity (Wildman–Crippen MR) is 78.4 cm³/mol. The van der Waals surface area contributed by atoms with E-state index in [1.165, 1.54) is 0 Å². The second kappa shape index (κ2) is 6.70. The minimum Gasteiger partial charge on any atom is -0.386 e. The maximum atomic E-state index is 10.3. The quantitative estimate of drug-likeness (QED) is 0.846. The molecule has 1 N–H and O–H groups in total. The van der Waals surface area contributed by atoms with Gasteiger partial charge in [-0.2, -0.15) is 5.10 Å². The second-order valence-electron chi connectivity index (χ2n) is 5.08. The van der Waals surface area contributed by atoms with Gasteiger partial charge >= 0.3 is 0 Å². The van der Waals surface area contributed by atoms with E-state index in [-0.39, 0.29) is 0 Å². The molecule has 5 nitrogen and oxygen atoms in total. The summed E-state index contributed by atoms with van der Waals surface area (Å²) in [4.78, 5) is 4.09. The fourth-order valence-corrected chi connectivity index (χ4v) is 2.53. The van der Waals surface area contributed by atoms with Crippen LogP contribution < -0.4 is 0 Å². The van der Waals surface area contributed by atoms with Gasteiger partial charge in [0.05, 0.1) is 30.0 Å². The zero-order valence-corrected chi connectivity index (χ0v) is 12.5. The van der Waals surface area contributed by atoms with Gasteiger partial charge in [0.15, 0.2) is 0 Å². The Balaban J connectivity index is 2.07. The molecule has 0 saturated heterocycles. The third kappa shape index (κ3) is 3.10. The lowest BCUT2D eigenvalue weighted by atomic mass is 10.1. The highest BCUT2D eigenvalue weighted by atomic mass is 16.3. The molecule has 2 rings (SSSR count). The topological polar surface area (TPSA) is 55.9 Å². The van der Waals surface area contributed by atoms with Crippen LogP contribution in [0.25, 0.3) is 0 Å². The predicted octanol–water partition coefficient (Wildman–Crippen LogP) is 2.74. The summed E-state index contributed by atoms with van der Waals surface area (Å²) in [5.74, 6) is 0. The summed E-state index contributed by atoms with van der Waals surface area (Å²) in [5.41, 5.74) is 1.78. The highest BCUT2D eigenvalue weighted by Crippen LogP contribution is 2.19. The zero-order chi connectivity index (χ0) is 14.5. The van der Waals surface area contributed by atoms with E-state index in [2.05, 4.69) is 23.9 Å². The Hall–Kier alpha value is -1.62. The summed E-state index contributed by atoms with van der Waals surface area (Å²) < 4.78 is 3.97. The Kier molecular flexibility index (Phi) is 4.95. The normalized spacial score (nSPS) is 13.1. The van der Waals surface area contributed by atoms with E-state index in [0.717, 1.165) is 30.8 Å². The van der Waals surface area contributed by atoms with Gasteiger partial charge < -0.3 is 9.67 Å². The van der Waals surface area contributed by atoms with Gasteiger partial charge in [-0.15, -0.1) is 0 Å². The van der Waals surface area contributed by atoms with Gasteiger partial charge in [-0.05, 0) is 25.8 Å². The summed E-state index contributed by atoms with van der Waals surface area (Å²) in [6.07, 6.45) is 7.61. The number of hydrogen-bond donors (Lipinski definition) is 1. The van der Waals surface area contributed by atoms with Crippen molar-refractivity contribution < 1.29 is 5.11 Å². The molecule has 0 aliphatic rings. The molecule has 5 heteroatoms. The SMILES string of the molecule is CCC(CC)n1ccc(CC(O)c2cncn2CC)n1. The van der Waals surface area contributed by atoms with Crippen molar-refractivity contribution in [2.75, 3.05) is 0 Å². The molecule has 20 heavy (non-hydrogen) atoms. The monoisotopic (exact) mass is 276 g/mol. The highest BCUT2D eigenvalue weighted by Gasteiger charge is 2.15. The van der Waals surface area contributed by atoms with E-state index >= 15 is 0 Å². The third-order valence-corrected chi connectivity index (χ3v) is 3.81. The number of aliphatic hydroxyl groups excluding tert-OH is 1. The van der Waals surface area contributed by atoms with Crippen molar-refractivity contribution in [3.63, 3.8) is 0 Å². The van der Waals surface area contributed by atoms with Gasteiger partial charge in [0.2, 0.25) is 0 Å². The average molecular weight is 276 g/mol. The number of aliphatic hydroxyl groups is 1. The van der Waals surface area contributed by atoms with Crippen molar-refractivity contribution in [1.29, 1.82) is 0 Å². The number of aryl methyl sites for hydroxylation is 1. The van der Waals surface area contributed by atoms with Crippen LogP contribution in [-0.4, -0.2) is 24.4 Å². The van der Waals surface area contributed by atoms with Crippen LogP contribution in [0.1, 0.15) is 57.1 Å². The van der Waals surface area contributed by atoms with E-state index in [1.54, 1.807) is 12.5 Å². The Morgan fingerprint density at radius 3 is 2.65 bits per heavy atom. The summed E-state index contributed by atoms with van der Waals surface area (Å²) >= 11 is 0. The Bertz CT molecular complexity index is 527. The highest BCUT2D eigenvalue weighted by molar-refractivity contribution is 5.09. The van der Waals surface area contributed by atoms with Crippen molar-refractivity contribution >= 4 is 0 Å². The summed E-state index contributed by atoms with van der Waals surface area (Å²) in [5, 5.41) is 14.9. The van der Waals surface area contributed by atoms with Crippen LogP contribution in [0.2, 0.25) is 0 Å². The molecule has 0 saturated carbocycles. The average Bonchev–Trinajstić information content (AvgIpc) is 3.09. The van der Waals surface area contributed by atoms with Crippen LogP contribution in [0.4, 0.5) is 0 Å². The first kappa shape index (κ1) is 14.8. The number of nitrogens with zero attached hydrogens (tertiary/aromatic N) is 4. The van der Waals surface area contributed by atoms with Crippen LogP contribution >= 0.6 is 0 Å². The minimum atomic E-state index is -0.553. The van der Waals surface area contributed by atoms with Gasteiger partial charge in [0.25, 0.3) is 0 Å². The van der Waals surface area contributed by atoms with E-state index in [9.17, 15) is 5.11 Å². The van der Waals surface area contributed by atoms with Gasteiger partial charge in [-0.1, -0.05) is 13.8 Å². The largest absolute Gasteiger partial charge is 0.386 e. The Morgan fingerprint density at radius 2 is 2.00 bits per heavy atom. The lowest BCUT2D eigenvalue weighted by Crippen LogP contribution is -2.11. The summed E-state index contributed by atoms with van der Waals surface area (Å²) in [6, 6.07) is 2.44. The number of hydrogen-bond acceptors (Lipinski definition) is 3. The molecule has 1 unspecified atom stereocenters. The van der Waals surface area contributed by atoms with Gasteiger partial charge in [-0.25, -0.2) is 4.98 Å². The Morgan fingerprint density at radius 1 is 1.25 bits per heavy atom. The Labute approximate surface area is 120 Å². The van der Waals surface area contributed by atoms with Crippen molar-refractivity contribution in [1.82, 2.24) is 19.3 Å². The van der Waals surface area contributed by atoms with Gasteiger partial charge in [0, 0.05) is 19.2 Å². The first-order valence-electron chi connectivity index (χ1n) is 7.41. The molecular formula is C15H24N4O. The smallest absolute Gasteiger partial charge is 0.101 e. The molecule has 0 aliphatic heterocycles. The first-order valence-corrected chi connectivity index (χ1v) is 7.41.